The Hall–Kier alpha value is -4.28. The van der Waals surface area contributed by atoms with Crippen LogP contribution < -0.4 is 0 Å². The molecule has 102 heavy (non-hydrogen) atoms. The molecule has 0 aromatic heterocycles. The lowest BCUT2D eigenvalue weighted by atomic mass is 10.0. The van der Waals surface area contributed by atoms with Crippen LogP contribution in [0.2, 0.25) is 0 Å². The Bertz CT molecular complexity index is 2360. The Morgan fingerprint density at radius 2 is 0.490 bits per heavy atom. The second kappa shape index (κ2) is 75.0. The van der Waals surface area contributed by atoms with Crippen molar-refractivity contribution >= 4 is 39.5 Å². The number of aliphatic hydroxyl groups excluding tert-OH is 1. The lowest BCUT2D eigenvalue weighted by molar-refractivity contribution is -0.161. The molecular weight excluding hydrogens is 1330 g/mol. The van der Waals surface area contributed by atoms with Gasteiger partial charge in [-0.05, 0) is 128 Å². The van der Waals surface area contributed by atoms with Gasteiger partial charge in [-0.2, -0.15) is 0 Å². The van der Waals surface area contributed by atoms with Gasteiger partial charge in [-0.15, -0.1) is 0 Å². The van der Waals surface area contributed by atoms with E-state index in [0.717, 1.165) is 109 Å². The van der Waals surface area contributed by atoms with Crippen LogP contribution in [0, 0.1) is 0 Å². The number of ether oxygens (including phenoxy) is 4. The molecule has 3 N–H and O–H groups in total. The van der Waals surface area contributed by atoms with E-state index in [9.17, 15) is 43.2 Å². The number of hydrogen-bond donors (Lipinski definition) is 3. The first-order chi connectivity index (χ1) is 49.7. The molecule has 0 radical (unpaired) electrons. The number of carbonyl (C=O) groups excluding carboxylic acids is 4. The van der Waals surface area contributed by atoms with Crippen LogP contribution >= 0.6 is 15.6 Å². The highest BCUT2D eigenvalue weighted by molar-refractivity contribution is 7.47. The molecule has 19 heteroatoms. The zero-order valence-corrected chi connectivity index (χ0v) is 66.0. The molecule has 0 saturated carbocycles. The molecule has 0 aromatic carbocycles. The van der Waals surface area contributed by atoms with Gasteiger partial charge in [-0.1, -0.05) is 291 Å². The number of allylic oxidation sites excluding steroid dienone is 18. The van der Waals surface area contributed by atoms with E-state index in [1.54, 1.807) is 0 Å². The highest BCUT2D eigenvalue weighted by Crippen LogP contribution is 2.45. The number of rotatable bonds is 75. The summed E-state index contributed by atoms with van der Waals surface area (Å²) in [5, 5.41) is 10.6. The molecule has 2 unspecified atom stereocenters. The molecule has 17 nitrogen and oxygen atoms in total. The fourth-order valence-electron chi connectivity index (χ4n) is 10.6. The lowest BCUT2D eigenvalue weighted by Gasteiger charge is -2.21. The predicted octanol–water partition coefficient (Wildman–Crippen LogP) is 23.3. The van der Waals surface area contributed by atoms with Crippen molar-refractivity contribution in [1.29, 1.82) is 0 Å². The number of phosphoric ester groups is 2. The normalized spacial score (nSPS) is 14.5. The monoisotopic (exact) mass is 1470 g/mol. The summed E-state index contributed by atoms with van der Waals surface area (Å²) in [7, 11) is -9.99. The molecule has 0 aromatic rings. The number of unbranched alkanes of at least 4 members (excludes halogenated alkanes) is 31. The minimum absolute atomic E-state index is 0.00637. The minimum atomic E-state index is -5.00. The average Bonchev–Trinajstić information content (AvgIpc) is 0.943. The van der Waals surface area contributed by atoms with Crippen LogP contribution in [0.15, 0.2) is 109 Å². The van der Waals surface area contributed by atoms with Crippen LogP contribution in [0.1, 0.15) is 336 Å². The third kappa shape index (κ3) is 74.0. The largest absolute Gasteiger partial charge is 0.472 e. The number of esters is 4. The first-order valence-corrected chi connectivity index (χ1v) is 43.1. The summed E-state index contributed by atoms with van der Waals surface area (Å²) in [5.74, 6) is -2.30. The third-order valence-electron chi connectivity index (χ3n) is 16.7. The summed E-state index contributed by atoms with van der Waals surface area (Å²) < 4.78 is 68.5. The number of phosphoric acid groups is 2. The van der Waals surface area contributed by atoms with Gasteiger partial charge in [0.1, 0.15) is 19.3 Å². The van der Waals surface area contributed by atoms with E-state index in [1.165, 1.54) is 135 Å². The van der Waals surface area contributed by atoms with Crippen molar-refractivity contribution in [3.63, 3.8) is 0 Å². The van der Waals surface area contributed by atoms with E-state index in [-0.39, 0.29) is 25.7 Å². The molecule has 0 fully saturated rings. The third-order valence-corrected chi connectivity index (χ3v) is 18.6. The number of carbonyl (C=O) groups is 4. The van der Waals surface area contributed by atoms with Crippen LogP contribution in [0.4, 0.5) is 0 Å². The maximum absolute atomic E-state index is 13.1. The van der Waals surface area contributed by atoms with Crippen molar-refractivity contribution in [2.24, 2.45) is 0 Å². The summed E-state index contributed by atoms with van der Waals surface area (Å²) in [5.41, 5.74) is 0. The molecule has 0 aliphatic rings. The summed E-state index contributed by atoms with van der Waals surface area (Å²) in [6.45, 7) is 4.71. The van der Waals surface area contributed by atoms with Crippen LogP contribution in [-0.2, 0) is 65.4 Å². The topological polar surface area (TPSA) is 237 Å². The summed E-state index contributed by atoms with van der Waals surface area (Å²) >= 11 is 0. The van der Waals surface area contributed by atoms with E-state index in [1.807, 2.05) is 24.3 Å². The molecule has 0 aliphatic heterocycles. The maximum atomic E-state index is 13.1. The molecule has 0 amide bonds. The minimum Gasteiger partial charge on any atom is -0.462 e. The lowest BCUT2D eigenvalue weighted by Crippen LogP contribution is -2.30. The molecule has 0 spiro atoms. The van der Waals surface area contributed by atoms with E-state index in [4.69, 9.17) is 37.0 Å². The fourth-order valence-corrected chi connectivity index (χ4v) is 12.1. The molecular formula is C83H144O17P2. The van der Waals surface area contributed by atoms with Crippen LogP contribution in [0.25, 0.3) is 0 Å². The Morgan fingerprint density at radius 1 is 0.275 bits per heavy atom. The molecule has 0 rings (SSSR count). The summed E-state index contributed by atoms with van der Waals surface area (Å²) in [6, 6.07) is 0. The van der Waals surface area contributed by atoms with Crippen LogP contribution in [0.5, 0.6) is 0 Å². The smallest absolute Gasteiger partial charge is 0.462 e. The van der Waals surface area contributed by atoms with Gasteiger partial charge in [-0.3, -0.25) is 37.3 Å². The Labute approximate surface area is 619 Å². The SMILES string of the molecule is CCCCC/C=C\C/C=C\C/C=C\C/C=C\CCCC(=O)OC[C@H](COP(=O)(O)OC[C@H](O)COP(=O)(O)OC[C@@H](COC(=O)CCCCCCCCCCCCCCC)OC(=O)CCCCCCC/C=C\CCCCCCCC)OC(=O)CCC/C=C\C/C=C\C/C=C\C/C=C\CCCCC. The molecule has 5 atom stereocenters. The van der Waals surface area contributed by atoms with Gasteiger partial charge >= 0.3 is 39.5 Å². The summed E-state index contributed by atoms with van der Waals surface area (Å²) in [4.78, 5) is 72.9. The molecule has 0 saturated heterocycles. The Balaban J connectivity index is 5.46. The molecule has 0 bridgehead atoms. The zero-order chi connectivity index (χ0) is 74.6. The molecule has 588 valence electrons. The van der Waals surface area contributed by atoms with Crippen molar-refractivity contribution in [1.82, 2.24) is 0 Å². The maximum Gasteiger partial charge on any atom is 0.472 e. The van der Waals surface area contributed by atoms with Crippen LogP contribution in [-0.4, -0.2) is 96.7 Å². The Kier molecular flexibility index (Phi) is 71.8. The van der Waals surface area contributed by atoms with Crippen molar-refractivity contribution in [2.75, 3.05) is 39.6 Å². The number of aliphatic hydroxyl groups is 1. The highest BCUT2D eigenvalue weighted by Gasteiger charge is 2.30. The second-order valence-electron chi connectivity index (χ2n) is 26.7. The van der Waals surface area contributed by atoms with Gasteiger partial charge in [0.05, 0.1) is 26.4 Å². The van der Waals surface area contributed by atoms with E-state index in [2.05, 4.69) is 113 Å². The van der Waals surface area contributed by atoms with Gasteiger partial charge in [0.25, 0.3) is 0 Å². The zero-order valence-electron chi connectivity index (χ0n) is 64.3. The second-order valence-corrected chi connectivity index (χ2v) is 29.6. The summed E-state index contributed by atoms with van der Waals surface area (Å²) in [6.07, 6.45) is 80.8. The van der Waals surface area contributed by atoms with Crippen molar-refractivity contribution in [3.05, 3.63) is 109 Å². The molecule has 0 heterocycles. The molecule has 0 aliphatic carbocycles. The van der Waals surface area contributed by atoms with Gasteiger partial charge in [0, 0.05) is 25.7 Å². The van der Waals surface area contributed by atoms with E-state index in [0.29, 0.717) is 38.5 Å². The van der Waals surface area contributed by atoms with E-state index < -0.39 is 97.5 Å². The van der Waals surface area contributed by atoms with Gasteiger partial charge in [0.2, 0.25) is 0 Å². The highest BCUT2D eigenvalue weighted by atomic mass is 31.2. The van der Waals surface area contributed by atoms with Crippen molar-refractivity contribution < 1.29 is 80.2 Å². The number of hydrogen-bond acceptors (Lipinski definition) is 15. The van der Waals surface area contributed by atoms with Gasteiger partial charge in [-0.25, -0.2) is 9.13 Å². The fraction of sp³-hybridized carbons (Fsp3) is 0.735. The quantitative estimate of drug-likeness (QED) is 0.0169. The first kappa shape index (κ1) is 97.7. The van der Waals surface area contributed by atoms with Gasteiger partial charge in [0.15, 0.2) is 12.2 Å². The van der Waals surface area contributed by atoms with Crippen molar-refractivity contribution in [2.45, 2.75) is 354 Å². The van der Waals surface area contributed by atoms with Crippen LogP contribution in [0.3, 0.4) is 0 Å². The predicted molar refractivity (Wildman–Crippen MR) is 418 cm³/mol. The Morgan fingerprint density at radius 3 is 0.814 bits per heavy atom. The standard InChI is InChI=1S/C83H144O17P2/c1-5-9-13-17-21-25-29-33-36-38-41-44-48-52-56-60-64-68-81(86)94-74-79(100-83(88)70-66-62-58-54-50-46-42-39-37-34-30-26-22-18-14-10-6-2)76-98-102(91,92)96-72-77(84)71-95-101(89,90)97-75-78(73-93-80(85)67-63-59-55-51-47-43-32-28-24-20-16-12-8-4)99-82(87)69-65-61-57-53-49-45-40-35-31-27-23-19-15-11-7-3/h21-22,25-26,33-37,40-42,44,46,52,54,56,58,77-79,84H,5-20,23-24,27-32,38-39,43,45,47-51,53,55,57,59-76H2,1-4H3,(H,89,90)(H,91,92)/b25-21-,26-22-,36-33-,37-34-,40-35-,44-41-,46-42-,56-52-,58-54-/t77-,78-,79-/m1/s1. The first-order valence-electron chi connectivity index (χ1n) is 40.1. The van der Waals surface area contributed by atoms with Gasteiger partial charge < -0.3 is 33.8 Å². The van der Waals surface area contributed by atoms with Crippen molar-refractivity contribution in [3.8, 4) is 0 Å². The van der Waals surface area contributed by atoms with E-state index >= 15 is 0 Å². The average molecular weight is 1480 g/mol.